The Morgan fingerprint density at radius 2 is 2.14 bits per heavy atom. The van der Waals surface area contributed by atoms with Gasteiger partial charge in [-0.1, -0.05) is 43.8 Å². The van der Waals surface area contributed by atoms with Crippen LogP contribution in [0, 0.1) is 5.92 Å². The fourth-order valence-corrected chi connectivity index (χ4v) is 4.36. The van der Waals surface area contributed by atoms with Gasteiger partial charge in [0.2, 0.25) is 11.8 Å². The Bertz CT molecular complexity index is 955. The summed E-state index contributed by atoms with van der Waals surface area (Å²) in [5.41, 5.74) is 2.22. The molecule has 2 aromatic heterocycles. The van der Waals surface area contributed by atoms with Crippen LogP contribution in [-0.2, 0) is 17.8 Å². The second kappa shape index (κ2) is 7.75. The van der Waals surface area contributed by atoms with Crippen molar-refractivity contribution in [1.82, 2.24) is 25.0 Å². The van der Waals surface area contributed by atoms with Gasteiger partial charge < -0.3 is 9.32 Å². The summed E-state index contributed by atoms with van der Waals surface area (Å²) in [5.74, 6) is 0.624. The Morgan fingerprint density at radius 3 is 2.89 bits per heavy atom. The van der Waals surface area contributed by atoms with Gasteiger partial charge in [0.05, 0.1) is 5.25 Å². The predicted molar refractivity (Wildman–Crippen MR) is 105 cm³/mol. The number of para-hydroxylation sites is 1. The fraction of sp³-hybridized carbons (Fsp3) is 0.421. The molecule has 0 bridgehead atoms. The molecule has 4 rings (SSSR count). The molecule has 1 aromatic carbocycles. The SMILES string of the molecule is CC(C)C(Sc1nnc(Cn2cncn2)o1)C(=O)N1c2ccccc2CC1C. The molecular formula is C19H22N6O2S. The minimum Gasteiger partial charge on any atom is -0.414 e. The Labute approximate surface area is 167 Å². The topological polar surface area (TPSA) is 89.9 Å². The van der Waals surface area contributed by atoms with Crippen molar-refractivity contribution in [2.75, 3.05) is 4.90 Å². The normalized spacial score (nSPS) is 17.1. The van der Waals surface area contributed by atoms with Crippen molar-refractivity contribution >= 4 is 23.4 Å². The van der Waals surface area contributed by atoms with Crippen molar-refractivity contribution in [1.29, 1.82) is 0 Å². The van der Waals surface area contributed by atoms with Crippen LogP contribution in [0.4, 0.5) is 5.69 Å². The number of benzene rings is 1. The molecule has 0 aliphatic carbocycles. The molecule has 0 fully saturated rings. The van der Waals surface area contributed by atoms with Gasteiger partial charge in [-0.15, -0.1) is 10.2 Å². The van der Waals surface area contributed by atoms with Crippen LogP contribution in [0.5, 0.6) is 0 Å². The molecule has 2 atom stereocenters. The third-order valence-electron chi connectivity index (χ3n) is 4.73. The van der Waals surface area contributed by atoms with E-state index in [0.29, 0.717) is 17.7 Å². The molecule has 9 heteroatoms. The first-order valence-corrected chi connectivity index (χ1v) is 10.1. The number of carbonyl (C=O) groups excluding carboxylic acids is 1. The maximum Gasteiger partial charge on any atom is 0.277 e. The summed E-state index contributed by atoms with van der Waals surface area (Å²) >= 11 is 1.33. The van der Waals surface area contributed by atoms with Gasteiger partial charge in [-0.3, -0.25) is 4.79 Å². The van der Waals surface area contributed by atoms with Crippen molar-refractivity contribution < 1.29 is 9.21 Å². The molecular weight excluding hydrogens is 376 g/mol. The number of nitrogens with zero attached hydrogens (tertiary/aromatic N) is 6. The highest BCUT2D eigenvalue weighted by molar-refractivity contribution is 8.00. The molecule has 146 valence electrons. The number of anilines is 1. The first-order valence-electron chi connectivity index (χ1n) is 9.25. The Morgan fingerprint density at radius 1 is 1.32 bits per heavy atom. The highest BCUT2D eigenvalue weighted by atomic mass is 32.2. The molecule has 1 aliphatic rings. The average molecular weight is 398 g/mol. The van der Waals surface area contributed by atoms with Crippen molar-refractivity contribution in [2.24, 2.45) is 5.92 Å². The van der Waals surface area contributed by atoms with E-state index in [4.69, 9.17) is 4.42 Å². The molecule has 1 aliphatic heterocycles. The first-order chi connectivity index (χ1) is 13.5. The van der Waals surface area contributed by atoms with E-state index in [-0.39, 0.29) is 23.1 Å². The van der Waals surface area contributed by atoms with Crippen LogP contribution in [0.3, 0.4) is 0 Å². The fourth-order valence-electron chi connectivity index (χ4n) is 3.42. The van der Waals surface area contributed by atoms with E-state index in [2.05, 4.69) is 33.3 Å². The number of thioether (sulfide) groups is 1. The van der Waals surface area contributed by atoms with Gasteiger partial charge in [-0.25, -0.2) is 9.67 Å². The summed E-state index contributed by atoms with van der Waals surface area (Å²) in [6, 6.07) is 8.23. The molecule has 0 N–H and O–H groups in total. The molecule has 0 saturated carbocycles. The Kier molecular flexibility index (Phi) is 5.17. The lowest BCUT2D eigenvalue weighted by atomic mass is 10.1. The van der Waals surface area contributed by atoms with Crippen LogP contribution in [0.2, 0.25) is 0 Å². The van der Waals surface area contributed by atoms with E-state index >= 15 is 0 Å². The molecule has 3 heterocycles. The molecule has 0 radical (unpaired) electrons. The quantitative estimate of drug-likeness (QED) is 0.590. The van der Waals surface area contributed by atoms with Crippen LogP contribution in [0.1, 0.15) is 32.2 Å². The summed E-state index contributed by atoms with van der Waals surface area (Å²) in [4.78, 5) is 19.2. The van der Waals surface area contributed by atoms with E-state index in [1.165, 1.54) is 23.7 Å². The predicted octanol–water partition coefficient (Wildman–Crippen LogP) is 2.80. The second-order valence-corrected chi connectivity index (χ2v) is 8.32. The average Bonchev–Trinajstić information content (AvgIpc) is 3.39. The lowest BCUT2D eigenvalue weighted by Gasteiger charge is -2.28. The van der Waals surface area contributed by atoms with Crippen LogP contribution in [-0.4, -0.2) is 42.2 Å². The van der Waals surface area contributed by atoms with E-state index < -0.39 is 0 Å². The van der Waals surface area contributed by atoms with Crippen molar-refractivity contribution in [2.45, 2.75) is 50.3 Å². The lowest BCUT2D eigenvalue weighted by molar-refractivity contribution is -0.119. The molecule has 8 nitrogen and oxygen atoms in total. The third kappa shape index (κ3) is 3.66. The van der Waals surface area contributed by atoms with Crippen LogP contribution >= 0.6 is 11.8 Å². The Balaban J connectivity index is 1.52. The van der Waals surface area contributed by atoms with Crippen LogP contribution < -0.4 is 4.90 Å². The summed E-state index contributed by atoms with van der Waals surface area (Å²) in [7, 11) is 0. The van der Waals surface area contributed by atoms with Gasteiger partial charge in [0.1, 0.15) is 19.2 Å². The number of hydrogen-bond donors (Lipinski definition) is 0. The van der Waals surface area contributed by atoms with Gasteiger partial charge in [0, 0.05) is 11.7 Å². The van der Waals surface area contributed by atoms with Crippen molar-refractivity contribution in [3.63, 3.8) is 0 Å². The number of amides is 1. The minimum absolute atomic E-state index is 0.0773. The minimum atomic E-state index is -0.312. The zero-order valence-electron chi connectivity index (χ0n) is 16.0. The molecule has 0 spiro atoms. The lowest BCUT2D eigenvalue weighted by Crippen LogP contribution is -2.43. The molecule has 0 saturated heterocycles. The maximum atomic E-state index is 13.4. The van der Waals surface area contributed by atoms with E-state index in [9.17, 15) is 4.79 Å². The van der Waals surface area contributed by atoms with Crippen molar-refractivity contribution in [3.8, 4) is 0 Å². The summed E-state index contributed by atoms with van der Waals surface area (Å²) in [5, 5.41) is 12.3. The van der Waals surface area contributed by atoms with Crippen molar-refractivity contribution in [3.05, 3.63) is 48.4 Å². The van der Waals surface area contributed by atoms with Crippen LogP contribution in [0.15, 0.2) is 46.6 Å². The first kappa shape index (κ1) is 18.7. The molecule has 3 aromatic rings. The number of carbonyl (C=O) groups is 1. The standard InChI is InChI=1S/C19H22N6O2S/c1-12(2)17(18(26)25-13(3)8-14-6-4-5-7-15(14)25)28-19-23-22-16(27-19)9-24-11-20-10-21-24/h4-7,10-13,17H,8-9H2,1-3H3. The molecule has 28 heavy (non-hydrogen) atoms. The number of fused-ring (bicyclic) bond motifs is 1. The van der Waals surface area contributed by atoms with Gasteiger partial charge in [0.15, 0.2) is 0 Å². The van der Waals surface area contributed by atoms with E-state index in [1.807, 2.05) is 36.9 Å². The third-order valence-corrected chi connectivity index (χ3v) is 6.10. The monoisotopic (exact) mass is 398 g/mol. The van der Waals surface area contributed by atoms with Gasteiger partial charge >= 0.3 is 0 Å². The molecule has 1 amide bonds. The molecule has 2 unspecified atom stereocenters. The highest BCUT2D eigenvalue weighted by Gasteiger charge is 2.37. The summed E-state index contributed by atoms with van der Waals surface area (Å²) < 4.78 is 7.34. The number of rotatable bonds is 6. The largest absolute Gasteiger partial charge is 0.414 e. The van der Waals surface area contributed by atoms with Gasteiger partial charge in [-0.05, 0) is 30.9 Å². The maximum absolute atomic E-state index is 13.4. The smallest absolute Gasteiger partial charge is 0.277 e. The zero-order valence-corrected chi connectivity index (χ0v) is 16.8. The van der Waals surface area contributed by atoms with E-state index in [1.54, 1.807) is 11.0 Å². The van der Waals surface area contributed by atoms with E-state index in [0.717, 1.165) is 12.1 Å². The summed E-state index contributed by atoms with van der Waals surface area (Å²) in [6.45, 7) is 6.51. The van der Waals surface area contributed by atoms with Gasteiger partial charge in [0.25, 0.3) is 5.22 Å². The Hall–Kier alpha value is -2.68. The highest BCUT2D eigenvalue weighted by Crippen LogP contribution is 2.36. The summed E-state index contributed by atoms with van der Waals surface area (Å²) in [6.07, 6.45) is 3.91. The number of aromatic nitrogens is 5. The second-order valence-electron chi connectivity index (χ2n) is 7.23. The van der Waals surface area contributed by atoms with Gasteiger partial charge in [-0.2, -0.15) is 5.10 Å². The number of hydrogen-bond acceptors (Lipinski definition) is 7. The zero-order chi connectivity index (χ0) is 19.7. The van der Waals surface area contributed by atoms with Crippen LogP contribution in [0.25, 0.3) is 0 Å².